The van der Waals surface area contributed by atoms with E-state index < -0.39 is 0 Å². The van der Waals surface area contributed by atoms with Crippen molar-refractivity contribution >= 4 is 5.91 Å². The number of rotatable bonds is 5. The van der Waals surface area contributed by atoms with Gasteiger partial charge in [0.05, 0.1) is 6.54 Å². The van der Waals surface area contributed by atoms with Crippen LogP contribution in [0.4, 0.5) is 0 Å². The molecule has 0 aromatic heterocycles. The lowest BCUT2D eigenvalue weighted by molar-refractivity contribution is -0.129. The average Bonchev–Trinajstić information content (AvgIpc) is 2.27. The summed E-state index contributed by atoms with van der Waals surface area (Å²) in [4.78, 5) is 17.8. The van der Waals surface area contributed by atoms with Gasteiger partial charge < -0.3 is 9.80 Å². The number of amides is 1. The lowest BCUT2D eigenvalue weighted by atomic mass is 10.00. The van der Waals surface area contributed by atoms with E-state index in [9.17, 15) is 4.79 Å². The number of piperidine rings is 1. The van der Waals surface area contributed by atoms with Crippen LogP contribution < -0.4 is 0 Å². The Balaban J connectivity index is 2.22. The van der Waals surface area contributed by atoms with Crippen molar-refractivity contribution in [1.82, 2.24) is 14.7 Å². The first-order chi connectivity index (χ1) is 8.00. The Morgan fingerprint density at radius 3 is 2.59 bits per heavy atom. The second kappa shape index (κ2) is 6.97. The molecule has 100 valence electrons. The Bertz CT molecular complexity index is 243. The third-order valence-electron chi connectivity index (χ3n) is 3.67. The highest BCUT2D eigenvalue weighted by Gasteiger charge is 2.19. The Labute approximate surface area is 106 Å². The van der Waals surface area contributed by atoms with Gasteiger partial charge in [0.25, 0.3) is 0 Å². The molecule has 4 heteroatoms. The molecule has 0 aromatic carbocycles. The number of carbonyl (C=O) groups excluding carboxylic acids is 1. The molecule has 4 nitrogen and oxygen atoms in total. The molecule has 17 heavy (non-hydrogen) atoms. The van der Waals surface area contributed by atoms with E-state index in [1.54, 1.807) is 4.90 Å². The SMILES string of the molecule is CN(CCC1CCCCN1C)CC(=O)N(C)C. The molecule has 0 N–H and O–H groups in total. The van der Waals surface area contributed by atoms with Gasteiger partial charge in [-0.2, -0.15) is 0 Å². The lowest BCUT2D eigenvalue weighted by Crippen LogP contribution is -2.40. The number of likely N-dealkylation sites (tertiary alicyclic amines) is 1. The molecule has 0 spiro atoms. The lowest BCUT2D eigenvalue weighted by Gasteiger charge is -2.33. The van der Waals surface area contributed by atoms with Crippen LogP contribution in [-0.4, -0.2) is 74.5 Å². The smallest absolute Gasteiger partial charge is 0.236 e. The predicted molar refractivity (Wildman–Crippen MR) is 71.1 cm³/mol. The Morgan fingerprint density at radius 1 is 1.29 bits per heavy atom. The average molecular weight is 241 g/mol. The van der Waals surface area contributed by atoms with Crippen LogP contribution in [0.3, 0.4) is 0 Å². The van der Waals surface area contributed by atoms with Gasteiger partial charge in [0.2, 0.25) is 5.91 Å². The zero-order valence-corrected chi connectivity index (χ0v) is 11.8. The van der Waals surface area contributed by atoms with Gasteiger partial charge in [-0.15, -0.1) is 0 Å². The number of hydrogen-bond acceptors (Lipinski definition) is 3. The van der Waals surface area contributed by atoms with Crippen molar-refractivity contribution in [3.63, 3.8) is 0 Å². The summed E-state index contributed by atoms with van der Waals surface area (Å²) in [5.41, 5.74) is 0. The van der Waals surface area contributed by atoms with Crippen LogP contribution in [-0.2, 0) is 4.79 Å². The van der Waals surface area contributed by atoms with E-state index in [0.717, 1.165) is 6.54 Å². The summed E-state index contributed by atoms with van der Waals surface area (Å²) in [6.45, 7) is 2.77. The maximum atomic E-state index is 11.5. The molecule has 0 aromatic rings. The first-order valence-corrected chi connectivity index (χ1v) is 6.59. The van der Waals surface area contributed by atoms with E-state index in [-0.39, 0.29) is 5.91 Å². The zero-order valence-electron chi connectivity index (χ0n) is 11.8. The summed E-state index contributed by atoms with van der Waals surface area (Å²) < 4.78 is 0. The van der Waals surface area contributed by atoms with E-state index in [1.807, 2.05) is 21.1 Å². The molecule has 0 aliphatic carbocycles. The zero-order chi connectivity index (χ0) is 12.8. The molecule has 0 saturated carbocycles. The fourth-order valence-electron chi connectivity index (χ4n) is 2.33. The van der Waals surface area contributed by atoms with E-state index in [4.69, 9.17) is 0 Å². The van der Waals surface area contributed by atoms with Gasteiger partial charge in [-0.3, -0.25) is 9.69 Å². The van der Waals surface area contributed by atoms with Crippen LogP contribution in [0.1, 0.15) is 25.7 Å². The largest absolute Gasteiger partial charge is 0.348 e. The molecule has 0 bridgehead atoms. The third kappa shape index (κ3) is 5.04. The molecule has 1 aliphatic heterocycles. The first-order valence-electron chi connectivity index (χ1n) is 6.59. The highest BCUT2D eigenvalue weighted by molar-refractivity contribution is 5.77. The van der Waals surface area contributed by atoms with Gasteiger partial charge in [-0.25, -0.2) is 0 Å². The summed E-state index contributed by atoms with van der Waals surface area (Å²) in [5, 5.41) is 0. The molecule has 1 saturated heterocycles. The highest BCUT2D eigenvalue weighted by Crippen LogP contribution is 2.17. The minimum absolute atomic E-state index is 0.185. The van der Waals surface area contributed by atoms with Crippen molar-refractivity contribution in [2.24, 2.45) is 0 Å². The van der Waals surface area contributed by atoms with Crippen LogP contribution in [0.15, 0.2) is 0 Å². The fourth-order valence-corrected chi connectivity index (χ4v) is 2.33. The molecule has 1 heterocycles. The third-order valence-corrected chi connectivity index (χ3v) is 3.67. The van der Waals surface area contributed by atoms with E-state index >= 15 is 0 Å². The quantitative estimate of drug-likeness (QED) is 0.715. The van der Waals surface area contributed by atoms with Crippen LogP contribution >= 0.6 is 0 Å². The maximum Gasteiger partial charge on any atom is 0.236 e. The summed E-state index contributed by atoms with van der Waals surface area (Å²) in [7, 11) is 7.87. The van der Waals surface area contributed by atoms with Crippen LogP contribution in [0.25, 0.3) is 0 Å². The van der Waals surface area contributed by atoms with Gasteiger partial charge in [-0.05, 0) is 46.4 Å². The van der Waals surface area contributed by atoms with Crippen LogP contribution in [0.2, 0.25) is 0 Å². The molecule has 1 rings (SSSR count). The Hall–Kier alpha value is -0.610. The second-order valence-corrected chi connectivity index (χ2v) is 5.44. The molecule has 1 aliphatic rings. The molecular formula is C13H27N3O. The molecular weight excluding hydrogens is 214 g/mol. The molecule has 1 unspecified atom stereocenters. The number of hydrogen-bond donors (Lipinski definition) is 0. The second-order valence-electron chi connectivity index (χ2n) is 5.44. The predicted octanol–water partition coefficient (Wildman–Crippen LogP) is 0.881. The van der Waals surface area contributed by atoms with E-state index in [2.05, 4.69) is 16.8 Å². The van der Waals surface area contributed by atoms with Crippen LogP contribution in [0.5, 0.6) is 0 Å². The van der Waals surface area contributed by atoms with Gasteiger partial charge >= 0.3 is 0 Å². The van der Waals surface area contributed by atoms with Gasteiger partial charge in [-0.1, -0.05) is 6.42 Å². The van der Waals surface area contributed by atoms with E-state index in [0.29, 0.717) is 12.6 Å². The molecule has 1 amide bonds. The van der Waals surface area contributed by atoms with Crippen LogP contribution in [0, 0.1) is 0 Å². The van der Waals surface area contributed by atoms with Gasteiger partial charge in [0, 0.05) is 20.1 Å². The topological polar surface area (TPSA) is 26.8 Å². The fraction of sp³-hybridized carbons (Fsp3) is 0.923. The minimum Gasteiger partial charge on any atom is -0.348 e. The summed E-state index contributed by atoms with van der Waals surface area (Å²) >= 11 is 0. The normalized spacial score (nSPS) is 21.8. The minimum atomic E-state index is 0.185. The van der Waals surface area contributed by atoms with Crippen molar-refractivity contribution < 1.29 is 4.79 Å². The standard InChI is InChI=1S/C13H27N3O/c1-14(2)13(17)11-15(3)10-8-12-7-5-6-9-16(12)4/h12H,5-11H2,1-4H3. The monoisotopic (exact) mass is 241 g/mol. The number of likely N-dealkylation sites (N-methyl/N-ethyl adjacent to an activating group) is 2. The van der Waals surface area contributed by atoms with Crippen molar-refractivity contribution in [2.45, 2.75) is 31.7 Å². The molecule has 1 atom stereocenters. The summed E-state index contributed by atoms with van der Waals surface area (Å²) in [6.07, 6.45) is 5.18. The highest BCUT2D eigenvalue weighted by atomic mass is 16.2. The summed E-state index contributed by atoms with van der Waals surface area (Å²) in [5.74, 6) is 0.185. The van der Waals surface area contributed by atoms with Gasteiger partial charge in [0.1, 0.15) is 0 Å². The Kier molecular flexibility index (Phi) is 5.92. The number of carbonyl (C=O) groups is 1. The molecule has 1 fully saturated rings. The Morgan fingerprint density at radius 2 is 2.00 bits per heavy atom. The number of nitrogens with zero attached hydrogens (tertiary/aromatic N) is 3. The summed E-state index contributed by atoms with van der Waals surface area (Å²) in [6, 6.07) is 0.709. The van der Waals surface area contributed by atoms with Crippen molar-refractivity contribution in [1.29, 1.82) is 0 Å². The first kappa shape index (κ1) is 14.5. The molecule has 0 radical (unpaired) electrons. The maximum absolute atomic E-state index is 11.5. The van der Waals surface area contributed by atoms with Crippen molar-refractivity contribution in [3.05, 3.63) is 0 Å². The van der Waals surface area contributed by atoms with E-state index in [1.165, 1.54) is 32.2 Å². The van der Waals surface area contributed by atoms with Gasteiger partial charge in [0.15, 0.2) is 0 Å². The van der Waals surface area contributed by atoms with Crippen molar-refractivity contribution in [3.8, 4) is 0 Å². The van der Waals surface area contributed by atoms with Crippen molar-refractivity contribution in [2.75, 3.05) is 47.8 Å².